The lowest BCUT2D eigenvalue weighted by molar-refractivity contribution is 0.0381. The summed E-state index contributed by atoms with van der Waals surface area (Å²) in [5.74, 6) is 1.03. The molecule has 1 aromatic rings. The summed E-state index contributed by atoms with van der Waals surface area (Å²) in [5.41, 5.74) is 1.40. The van der Waals surface area contributed by atoms with Crippen LogP contribution in [0.1, 0.15) is 44.6 Å². The van der Waals surface area contributed by atoms with Crippen molar-refractivity contribution < 1.29 is 9.47 Å². The van der Waals surface area contributed by atoms with Gasteiger partial charge in [-0.25, -0.2) is 0 Å². The zero-order valence-electron chi connectivity index (χ0n) is 16.5. The second kappa shape index (κ2) is 13.6. The number of nitrogens with zero attached hydrogens (tertiary/aromatic N) is 1. The number of rotatable bonds is 9. The molecule has 156 valence electrons. The molecule has 1 N–H and O–H groups in total. The van der Waals surface area contributed by atoms with Gasteiger partial charge in [0.05, 0.1) is 19.3 Å². The molecule has 0 bridgehead atoms. The number of aryl methyl sites for hydroxylation is 1. The van der Waals surface area contributed by atoms with E-state index in [0.29, 0.717) is 12.1 Å². The van der Waals surface area contributed by atoms with Crippen molar-refractivity contribution in [2.45, 2.75) is 57.6 Å². The standard InChI is InChI=1S/C21H34N2O2.2ClH/c1-18(22-12-13-23-14-16-24-17-15-23)6-7-19-8-10-21(11-9-19)25-20-4-2-3-5-20;;/h8-11,18,20,22H,2-7,12-17H2,1H3;2*1H. The number of hydrogen-bond acceptors (Lipinski definition) is 4. The Morgan fingerprint density at radius 1 is 1.11 bits per heavy atom. The molecule has 1 aliphatic heterocycles. The minimum Gasteiger partial charge on any atom is -0.490 e. The van der Waals surface area contributed by atoms with E-state index in [4.69, 9.17) is 9.47 Å². The highest BCUT2D eigenvalue weighted by Crippen LogP contribution is 2.24. The van der Waals surface area contributed by atoms with Crippen LogP contribution < -0.4 is 10.1 Å². The Hall–Kier alpha value is -0.520. The number of hydrogen-bond donors (Lipinski definition) is 1. The van der Waals surface area contributed by atoms with Crippen LogP contribution in [-0.4, -0.2) is 56.4 Å². The predicted octanol–water partition coefficient (Wildman–Crippen LogP) is 4.09. The lowest BCUT2D eigenvalue weighted by atomic mass is 10.1. The van der Waals surface area contributed by atoms with E-state index >= 15 is 0 Å². The fourth-order valence-electron chi connectivity index (χ4n) is 3.71. The summed E-state index contributed by atoms with van der Waals surface area (Å²) >= 11 is 0. The predicted molar refractivity (Wildman–Crippen MR) is 117 cm³/mol. The second-order valence-electron chi connectivity index (χ2n) is 7.52. The number of morpholine rings is 1. The van der Waals surface area contributed by atoms with Crippen LogP contribution >= 0.6 is 24.8 Å². The molecular formula is C21H36Cl2N2O2. The van der Waals surface area contributed by atoms with Crippen LogP contribution in [0.3, 0.4) is 0 Å². The van der Waals surface area contributed by atoms with Crippen molar-refractivity contribution in [1.82, 2.24) is 10.2 Å². The van der Waals surface area contributed by atoms with Gasteiger partial charge in [-0.05, 0) is 63.1 Å². The van der Waals surface area contributed by atoms with Crippen molar-refractivity contribution in [1.29, 1.82) is 0 Å². The molecule has 2 aliphatic rings. The molecule has 0 spiro atoms. The van der Waals surface area contributed by atoms with Gasteiger partial charge in [-0.2, -0.15) is 0 Å². The summed E-state index contributed by atoms with van der Waals surface area (Å²) in [7, 11) is 0. The number of benzene rings is 1. The largest absolute Gasteiger partial charge is 0.490 e. The van der Waals surface area contributed by atoms with Gasteiger partial charge >= 0.3 is 0 Å². The third kappa shape index (κ3) is 9.01. The Morgan fingerprint density at radius 2 is 1.78 bits per heavy atom. The van der Waals surface area contributed by atoms with Gasteiger partial charge in [0.1, 0.15) is 5.75 Å². The Balaban J connectivity index is 0.00000182. The van der Waals surface area contributed by atoms with E-state index in [2.05, 4.69) is 41.4 Å². The first-order valence-corrected chi connectivity index (χ1v) is 10.1. The van der Waals surface area contributed by atoms with Crippen molar-refractivity contribution in [3.63, 3.8) is 0 Å². The zero-order valence-corrected chi connectivity index (χ0v) is 18.2. The molecule has 2 fully saturated rings. The Bertz CT molecular complexity index is 489. The highest BCUT2D eigenvalue weighted by atomic mass is 35.5. The first-order chi connectivity index (χ1) is 12.3. The maximum Gasteiger partial charge on any atom is 0.119 e. The van der Waals surface area contributed by atoms with E-state index in [1.807, 2.05) is 0 Å². The molecule has 6 heteroatoms. The van der Waals surface area contributed by atoms with Gasteiger partial charge in [0.25, 0.3) is 0 Å². The Kier molecular flexibility index (Phi) is 12.4. The molecule has 1 saturated carbocycles. The molecule has 27 heavy (non-hydrogen) atoms. The topological polar surface area (TPSA) is 33.7 Å². The Labute approximate surface area is 177 Å². The molecule has 3 rings (SSSR count). The second-order valence-corrected chi connectivity index (χ2v) is 7.52. The molecule has 1 saturated heterocycles. The SMILES string of the molecule is CC(CCc1ccc(OC2CCCC2)cc1)NCCN1CCOCC1.Cl.Cl. The molecule has 0 radical (unpaired) electrons. The van der Waals surface area contributed by atoms with Crippen LogP contribution in [0.5, 0.6) is 5.75 Å². The fourth-order valence-corrected chi connectivity index (χ4v) is 3.71. The van der Waals surface area contributed by atoms with Gasteiger partial charge < -0.3 is 14.8 Å². The summed E-state index contributed by atoms with van der Waals surface area (Å²) in [6.45, 7) is 8.40. The molecule has 1 heterocycles. The lowest BCUT2D eigenvalue weighted by Crippen LogP contribution is -2.41. The van der Waals surface area contributed by atoms with Crippen molar-refractivity contribution >= 4 is 24.8 Å². The summed E-state index contributed by atoms with van der Waals surface area (Å²) in [6, 6.07) is 9.29. The molecule has 0 aromatic heterocycles. The van der Waals surface area contributed by atoms with Crippen molar-refractivity contribution in [2.75, 3.05) is 39.4 Å². The molecular weight excluding hydrogens is 383 g/mol. The molecule has 1 aliphatic carbocycles. The summed E-state index contributed by atoms with van der Waals surface area (Å²) in [4.78, 5) is 2.48. The quantitative estimate of drug-likeness (QED) is 0.654. The molecule has 4 nitrogen and oxygen atoms in total. The number of nitrogens with one attached hydrogen (secondary N) is 1. The van der Waals surface area contributed by atoms with Crippen LogP contribution in [0.15, 0.2) is 24.3 Å². The molecule has 0 amide bonds. The van der Waals surface area contributed by atoms with E-state index in [9.17, 15) is 0 Å². The van der Waals surface area contributed by atoms with Crippen LogP contribution in [0.4, 0.5) is 0 Å². The monoisotopic (exact) mass is 418 g/mol. The average Bonchev–Trinajstić information content (AvgIpc) is 3.15. The summed E-state index contributed by atoms with van der Waals surface area (Å²) in [6.07, 6.45) is 7.81. The van der Waals surface area contributed by atoms with Crippen molar-refractivity contribution in [3.05, 3.63) is 29.8 Å². The summed E-state index contributed by atoms with van der Waals surface area (Å²) < 4.78 is 11.4. The molecule has 1 unspecified atom stereocenters. The first-order valence-electron chi connectivity index (χ1n) is 10.1. The van der Waals surface area contributed by atoms with Crippen LogP contribution in [0.25, 0.3) is 0 Å². The van der Waals surface area contributed by atoms with Gasteiger partial charge in [-0.15, -0.1) is 24.8 Å². The molecule has 1 aromatic carbocycles. The number of halogens is 2. The molecule has 1 atom stereocenters. The average molecular weight is 419 g/mol. The highest BCUT2D eigenvalue weighted by Gasteiger charge is 2.16. The van der Waals surface area contributed by atoms with Crippen molar-refractivity contribution in [2.24, 2.45) is 0 Å². The third-order valence-corrected chi connectivity index (χ3v) is 5.42. The van der Waals surface area contributed by atoms with Gasteiger partial charge in [0, 0.05) is 32.2 Å². The summed E-state index contributed by atoms with van der Waals surface area (Å²) in [5, 5.41) is 3.65. The van der Waals surface area contributed by atoms with Gasteiger partial charge in [-0.1, -0.05) is 12.1 Å². The van der Waals surface area contributed by atoms with E-state index < -0.39 is 0 Å². The van der Waals surface area contributed by atoms with Crippen LogP contribution in [0, 0.1) is 0 Å². The van der Waals surface area contributed by atoms with Crippen LogP contribution in [0.2, 0.25) is 0 Å². The number of ether oxygens (including phenoxy) is 2. The fraction of sp³-hybridized carbons (Fsp3) is 0.714. The maximum absolute atomic E-state index is 6.04. The lowest BCUT2D eigenvalue weighted by Gasteiger charge is -2.27. The smallest absolute Gasteiger partial charge is 0.119 e. The third-order valence-electron chi connectivity index (χ3n) is 5.42. The Morgan fingerprint density at radius 3 is 2.44 bits per heavy atom. The van der Waals surface area contributed by atoms with E-state index in [1.54, 1.807) is 0 Å². The van der Waals surface area contributed by atoms with Crippen molar-refractivity contribution in [3.8, 4) is 5.75 Å². The highest BCUT2D eigenvalue weighted by molar-refractivity contribution is 5.85. The zero-order chi connectivity index (χ0) is 17.3. The minimum absolute atomic E-state index is 0. The van der Waals surface area contributed by atoms with Crippen LogP contribution in [-0.2, 0) is 11.2 Å². The maximum atomic E-state index is 6.04. The first kappa shape index (κ1) is 24.5. The van der Waals surface area contributed by atoms with Gasteiger partial charge in [-0.3, -0.25) is 4.90 Å². The van der Waals surface area contributed by atoms with E-state index in [1.165, 1.54) is 37.7 Å². The minimum atomic E-state index is 0. The van der Waals surface area contributed by atoms with E-state index in [0.717, 1.165) is 51.6 Å². The van der Waals surface area contributed by atoms with E-state index in [-0.39, 0.29) is 24.8 Å². The van der Waals surface area contributed by atoms with Gasteiger partial charge in [0.15, 0.2) is 0 Å². The normalized spacial score (nSPS) is 19.1. The van der Waals surface area contributed by atoms with Gasteiger partial charge in [0.2, 0.25) is 0 Å².